The lowest BCUT2D eigenvalue weighted by atomic mass is 9.87. The molecule has 2 saturated heterocycles. The van der Waals surface area contributed by atoms with E-state index in [1.807, 2.05) is 30.2 Å². The van der Waals surface area contributed by atoms with Crippen molar-refractivity contribution in [2.75, 3.05) is 32.7 Å². The number of hydrogen-bond donors (Lipinski definition) is 2. The Balaban J connectivity index is 1.05. The third kappa shape index (κ3) is 6.19. The number of aliphatic hydroxyl groups is 1. The first kappa shape index (κ1) is 26.2. The van der Waals surface area contributed by atoms with Crippen LogP contribution < -0.4 is 0 Å². The molecule has 2 aliphatic heterocycles. The minimum absolute atomic E-state index is 0.194. The zero-order chi connectivity index (χ0) is 25.9. The van der Waals surface area contributed by atoms with Crippen molar-refractivity contribution in [3.63, 3.8) is 0 Å². The predicted octanol–water partition coefficient (Wildman–Crippen LogP) is 5.68. The first-order valence-electron chi connectivity index (χ1n) is 13.6. The van der Waals surface area contributed by atoms with E-state index in [9.17, 15) is 14.3 Å². The van der Waals surface area contributed by atoms with E-state index in [-0.39, 0.29) is 23.7 Å². The van der Waals surface area contributed by atoms with Crippen LogP contribution in [0.15, 0.2) is 42.6 Å². The van der Waals surface area contributed by atoms with Crippen molar-refractivity contribution in [1.29, 1.82) is 0 Å². The molecule has 37 heavy (non-hydrogen) atoms. The van der Waals surface area contributed by atoms with Crippen LogP contribution in [0.3, 0.4) is 0 Å². The summed E-state index contributed by atoms with van der Waals surface area (Å²) in [5.41, 5.74) is 4.37. The van der Waals surface area contributed by atoms with Gasteiger partial charge in [-0.25, -0.2) is 4.39 Å². The van der Waals surface area contributed by atoms with Gasteiger partial charge in [0.2, 0.25) is 5.91 Å². The largest absolute Gasteiger partial charge is 0.392 e. The van der Waals surface area contributed by atoms with Crippen molar-refractivity contribution < 1.29 is 14.3 Å². The highest BCUT2D eigenvalue weighted by atomic mass is 35.5. The molecule has 0 radical (unpaired) electrons. The molecule has 7 heteroatoms. The predicted molar refractivity (Wildman–Crippen MR) is 146 cm³/mol. The molecule has 2 fully saturated rings. The van der Waals surface area contributed by atoms with Gasteiger partial charge in [0, 0.05) is 48.2 Å². The SMILES string of the molecule is Cc1cc(CCC(=O)N2CCC(C(O)CN3CCC(c4c[nH]c5ccc(F)cc45)CC3)CC2)ccc1Cl. The fraction of sp³-hybridized carbons (Fsp3) is 0.500. The van der Waals surface area contributed by atoms with Gasteiger partial charge in [-0.2, -0.15) is 0 Å². The van der Waals surface area contributed by atoms with E-state index in [4.69, 9.17) is 11.6 Å². The molecule has 1 atom stereocenters. The number of rotatable bonds is 7. The van der Waals surface area contributed by atoms with Crippen LogP contribution in [0.5, 0.6) is 0 Å². The fourth-order valence-corrected chi connectivity index (χ4v) is 6.22. The molecule has 0 bridgehead atoms. The van der Waals surface area contributed by atoms with Gasteiger partial charge >= 0.3 is 0 Å². The molecule has 1 amide bonds. The van der Waals surface area contributed by atoms with Gasteiger partial charge in [-0.1, -0.05) is 23.7 Å². The molecular weight excluding hydrogens is 489 g/mol. The number of β-amino-alcohol motifs (C(OH)–C–C–N with tert-alkyl or cyclic N) is 1. The second-order valence-corrected chi connectivity index (χ2v) is 11.3. The third-order valence-corrected chi connectivity index (χ3v) is 8.86. The number of hydrogen-bond acceptors (Lipinski definition) is 3. The number of carbonyl (C=O) groups is 1. The fourth-order valence-electron chi connectivity index (χ4n) is 6.10. The molecule has 2 aliphatic rings. The monoisotopic (exact) mass is 525 g/mol. The van der Waals surface area contributed by atoms with Gasteiger partial charge in [0.1, 0.15) is 5.82 Å². The van der Waals surface area contributed by atoms with Gasteiger partial charge in [0.25, 0.3) is 0 Å². The number of benzene rings is 2. The van der Waals surface area contributed by atoms with Crippen molar-refractivity contribution in [3.8, 4) is 0 Å². The molecule has 0 saturated carbocycles. The number of aryl methyl sites for hydroxylation is 2. The van der Waals surface area contributed by atoms with Gasteiger partial charge in [0.05, 0.1) is 6.10 Å². The molecule has 0 spiro atoms. The number of nitrogens with one attached hydrogen (secondary N) is 1. The summed E-state index contributed by atoms with van der Waals surface area (Å²) in [7, 11) is 0. The van der Waals surface area contributed by atoms with Gasteiger partial charge in [-0.05, 0) is 105 Å². The van der Waals surface area contributed by atoms with Gasteiger partial charge < -0.3 is 19.9 Å². The summed E-state index contributed by atoms with van der Waals surface area (Å²) in [5.74, 6) is 0.644. The second kappa shape index (κ2) is 11.5. The Labute approximate surface area is 223 Å². The van der Waals surface area contributed by atoms with Crippen molar-refractivity contribution in [2.45, 2.75) is 57.5 Å². The highest BCUT2D eigenvalue weighted by Crippen LogP contribution is 2.34. The number of halogens is 2. The summed E-state index contributed by atoms with van der Waals surface area (Å²) in [6.45, 7) is 5.98. The van der Waals surface area contributed by atoms with Gasteiger partial charge in [0.15, 0.2) is 0 Å². The maximum Gasteiger partial charge on any atom is 0.222 e. The molecule has 1 aromatic heterocycles. The van der Waals surface area contributed by atoms with E-state index in [1.165, 1.54) is 11.6 Å². The molecule has 5 rings (SSSR count). The number of aliphatic hydroxyl groups excluding tert-OH is 1. The van der Waals surface area contributed by atoms with E-state index in [1.54, 1.807) is 12.1 Å². The zero-order valence-electron chi connectivity index (χ0n) is 21.6. The van der Waals surface area contributed by atoms with E-state index in [0.717, 1.165) is 85.3 Å². The minimum Gasteiger partial charge on any atom is -0.392 e. The average Bonchev–Trinajstić information content (AvgIpc) is 3.32. The Morgan fingerprint density at radius 1 is 1.11 bits per heavy atom. The molecule has 198 valence electrons. The first-order chi connectivity index (χ1) is 17.9. The quantitative estimate of drug-likeness (QED) is 0.417. The van der Waals surface area contributed by atoms with Crippen molar-refractivity contribution in [1.82, 2.24) is 14.8 Å². The summed E-state index contributed by atoms with van der Waals surface area (Å²) >= 11 is 6.11. The Kier molecular flexibility index (Phi) is 8.18. The number of carbonyl (C=O) groups excluding carboxylic acids is 1. The van der Waals surface area contributed by atoms with Crippen LogP contribution in [0.1, 0.15) is 54.7 Å². The Hall–Kier alpha value is -2.41. The van der Waals surface area contributed by atoms with Crippen LogP contribution in [0.2, 0.25) is 5.02 Å². The summed E-state index contributed by atoms with van der Waals surface area (Å²) in [4.78, 5) is 20.4. The van der Waals surface area contributed by atoms with E-state index in [2.05, 4.69) is 16.0 Å². The Morgan fingerprint density at radius 2 is 1.86 bits per heavy atom. The summed E-state index contributed by atoms with van der Waals surface area (Å²) in [5, 5.41) is 12.7. The highest BCUT2D eigenvalue weighted by Gasteiger charge is 2.30. The maximum absolute atomic E-state index is 13.8. The van der Waals surface area contributed by atoms with Gasteiger partial charge in [-0.15, -0.1) is 0 Å². The molecular formula is C30H37ClFN3O2. The number of fused-ring (bicyclic) bond motifs is 1. The minimum atomic E-state index is -0.368. The van der Waals surface area contributed by atoms with Crippen LogP contribution in [0.25, 0.3) is 10.9 Å². The molecule has 1 unspecified atom stereocenters. The number of piperidine rings is 2. The number of H-pyrrole nitrogens is 1. The van der Waals surface area contributed by atoms with Crippen molar-refractivity contribution >= 4 is 28.4 Å². The standard InChI is InChI=1S/C30H37ClFN3O2/c1-20-16-21(2-5-27(20)31)3-7-30(37)35-14-10-23(11-15-35)29(36)19-34-12-8-22(9-13-34)26-18-33-28-6-4-24(32)17-25(26)28/h2,4-6,16-18,22-23,29,33,36H,3,7-15,19H2,1H3. The average molecular weight is 526 g/mol. The van der Waals surface area contributed by atoms with Crippen LogP contribution in [0.4, 0.5) is 4.39 Å². The van der Waals surface area contributed by atoms with E-state index < -0.39 is 0 Å². The maximum atomic E-state index is 13.8. The lowest BCUT2D eigenvalue weighted by molar-refractivity contribution is -0.133. The van der Waals surface area contributed by atoms with Crippen LogP contribution in [0, 0.1) is 18.7 Å². The summed E-state index contributed by atoms with van der Waals surface area (Å²) in [6.07, 6.45) is 6.62. The molecule has 2 N–H and O–H groups in total. The second-order valence-electron chi connectivity index (χ2n) is 10.9. The zero-order valence-corrected chi connectivity index (χ0v) is 22.3. The van der Waals surface area contributed by atoms with E-state index >= 15 is 0 Å². The summed E-state index contributed by atoms with van der Waals surface area (Å²) < 4.78 is 13.8. The number of nitrogens with zero attached hydrogens (tertiary/aromatic N) is 2. The molecule has 0 aliphatic carbocycles. The molecule has 5 nitrogen and oxygen atoms in total. The van der Waals surface area contributed by atoms with Crippen LogP contribution in [-0.4, -0.2) is 64.6 Å². The van der Waals surface area contributed by atoms with E-state index in [0.29, 0.717) is 18.9 Å². The van der Waals surface area contributed by atoms with Crippen molar-refractivity contribution in [2.24, 2.45) is 5.92 Å². The topological polar surface area (TPSA) is 59.6 Å². The molecule has 3 aromatic rings. The van der Waals surface area contributed by atoms with Crippen LogP contribution in [-0.2, 0) is 11.2 Å². The van der Waals surface area contributed by atoms with Gasteiger partial charge in [-0.3, -0.25) is 4.79 Å². The normalized spacial score (nSPS) is 19.0. The van der Waals surface area contributed by atoms with Crippen LogP contribution >= 0.6 is 11.6 Å². The molecule has 3 heterocycles. The van der Waals surface area contributed by atoms with Crippen molar-refractivity contribution in [3.05, 3.63) is 70.1 Å². The Morgan fingerprint density at radius 3 is 2.59 bits per heavy atom. The lowest BCUT2D eigenvalue weighted by Crippen LogP contribution is -2.45. The number of likely N-dealkylation sites (tertiary alicyclic amines) is 2. The smallest absolute Gasteiger partial charge is 0.222 e. The lowest BCUT2D eigenvalue weighted by Gasteiger charge is -2.38. The Bertz CT molecular complexity index is 1230. The molecule has 2 aromatic carbocycles. The summed E-state index contributed by atoms with van der Waals surface area (Å²) in [6, 6.07) is 10.9. The number of aromatic nitrogens is 1. The third-order valence-electron chi connectivity index (χ3n) is 8.43. The number of aromatic amines is 1. The highest BCUT2D eigenvalue weighted by molar-refractivity contribution is 6.31. The number of amides is 1. The first-order valence-corrected chi connectivity index (χ1v) is 13.9.